The molecule has 1 aromatic heterocycles. The largest absolute Gasteiger partial charge is 0.459 e. The number of cyclic esters (lactones) is 1. The van der Waals surface area contributed by atoms with Gasteiger partial charge in [-0.2, -0.15) is 0 Å². The summed E-state index contributed by atoms with van der Waals surface area (Å²) in [6, 6.07) is 1.79. The van der Waals surface area contributed by atoms with E-state index in [1.807, 2.05) is 0 Å². The highest BCUT2D eigenvalue weighted by Gasteiger charge is 2.17. The van der Waals surface area contributed by atoms with Crippen molar-refractivity contribution < 1.29 is 9.53 Å². The summed E-state index contributed by atoms with van der Waals surface area (Å²) in [4.78, 5) is 19.1. The molecule has 84 valence electrons. The fourth-order valence-corrected chi connectivity index (χ4v) is 1.69. The molecule has 0 aliphatic carbocycles. The van der Waals surface area contributed by atoms with E-state index in [9.17, 15) is 4.79 Å². The summed E-state index contributed by atoms with van der Waals surface area (Å²) in [6.07, 6.45) is 1.98. The molecule has 1 aliphatic rings. The zero-order valence-corrected chi connectivity index (χ0v) is 10.6. The Balaban J connectivity index is 2.04. The predicted molar refractivity (Wildman–Crippen MR) is 63.7 cm³/mol. The average Bonchev–Trinajstić information content (AvgIpc) is 2.66. The van der Waals surface area contributed by atoms with Gasteiger partial charge in [-0.05, 0) is 27.6 Å². The summed E-state index contributed by atoms with van der Waals surface area (Å²) in [5.74, 6) is -0.217. The van der Waals surface area contributed by atoms with Crippen LogP contribution in [0.3, 0.4) is 0 Å². The van der Waals surface area contributed by atoms with E-state index in [0.717, 1.165) is 11.3 Å². The molecular formula is C10H8BrClN2O2. The van der Waals surface area contributed by atoms with Crippen LogP contribution in [0.15, 0.2) is 21.9 Å². The molecule has 1 aliphatic heterocycles. The van der Waals surface area contributed by atoms with Crippen LogP contribution in [-0.2, 0) is 16.1 Å². The van der Waals surface area contributed by atoms with Crippen molar-refractivity contribution in [3.8, 4) is 0 Å². The maximum absolute atomic E-state index is 10.8. The summed E-state index contributed by atoms with van der Waals surface area (Å²) >= 11 is 9.11. The lowest BCUT2D eigenvalue weighted by atomic mass is 10.3. The first-order valence-corrected chi connectivity index (χ1v) is 5.80. The molecule has 0 bridgehead atoms. The fourth-order valence-electron chi connectivity index (χ4n) is 1.28. The highest BCUT2D eigenvalue weighted by atomic mass is 79.9. The maximum Gasteiger partial charge on any atom is 0.312 e. The summed E-state index contributed by atoms with van der Waals surface area (Å²) in [5, 5.41) is 0.552. The van der Waals surface area contributed by atoms with Crippen molar-refractivity contribution in [2.75, 3.05) is 6.61 Å². The molecule has 0 spiro atoms. The molecule has 0 radical (unpaired) electrons. The summed E-state index contributed by atoms with van der Waals surface area (Å²) in [5.41, 5.74) is 1.67. The van der Waals surface area contributed by atoms with Crippen molar-refractivity contribution in [2.24, 2.45) is 4.99 Å². The number of rotatable bonds is 2. The molecule has 0 unspecified atom stereocenters. The first-order chi connectivity index (χ1) is 7.65. The number of carbonyl (C=O) groups is 1. The lowest BCUT2D eigenvalue weighted by molar-refractivity contribution is -0.137. The number of aromatic nitrogens is 1. The molecule has 2 rings (SSSR count). The van der Waals surface area contributed by atoms with E-state index in [4.69, 9.17) is 16.3 Å². The zero-order valence-electron chi connectivity index (χ0n) is 8.24. The maximum atomic E-state index is 10.8. The van der Waals surface area contributed by atoms with Crippen molar-refractivity contribution in [2.45, 2.75) is 13.0 Å². The SMILES string of the molecule is O=C1CC(=NCc2cnc(Br)c(Cl)c2)CO1. The van der Waals surface area contributed by atoms with Gasteiger partial charge in [-0.25, -0.2) is 4.98 Å². The molecule has 2 heterocycles. The van der Waals surface area contributed by atoms with Gasteiger partial charge in [0.1, 0.15) is 11.2 Å². The Hall–Kier alpha value is -0.940. The molecule has 1 saturated heterocycles. The van der Waals surface area contributed by atoms with Gasteiger partial charge >= 0.3 is 5.97 Å². The van der Waals surface area contributed by atoms with Crippen LogP contribution in [0.4, 0.5) is 0 Å². The first-order valence-electron chi connectivity index (χ1n) is 4.63. The molecule has 1 aromatic rings. The number of halogens is 2. The Morgan fingerprint density at radius 2 is 2.44 bits per heavy atom. The van der Waals surface area contributed by atoms with E-state index in [1.54, 1.807) is 12.3 Å². The first kappa shape index (κ1) is 11.5. The van der Waals surface area contributed by atoms with Crippen LogP contribution in [0.25, 0.3) is 0 Å². The molecule has 6 heteroatoms. The van der Waals surface area contributed by atoms with Crippen LogP contribution in [0.2, 0.25) is 5.02 Å². The van der Waals surface area contributed by atoms with E-state index in [-0.39, 0.29) is 12.4 Å². The van der Waals surface area contributed by atoms with Crippen LogP contribution in [0.1, 0.15) is 12.0 Å². The van der Waals surface area contributed by atoms with Gasteiger partial charge in [-0.15, -0.1) is 0 Å². The number of hydrogen-bond acceptors (Lipinski definition) is 4. The van der Waals surface area contributed by atoms with Crippen LogP contribution in [0.5, 0.6) is 0 Å². The van der Waals surface area contributed by atoms with E-state index in [0.29, 0.717) is 22.8 Å². The van der Waals surface area contributed by atoms with Crippen LogP contribution >= 0.6 is 27.5 Å². The minimum atomic E-state index is -0.217. The normalized spacial score (nSPS) is 17.9. The second kappa shape index (κ2) is 4.93. The topological polar surface area (TPSA) is 51.5 Å². The number of hydrogen-bond donors (Lipinski definition) is 0. The smallest absolute Gasteiger partial charge is 0.312 e. The molecular weight excluding hydrogens is 295 g/mol. The molecule has 0 aromatic carbocycles. The van der Waals surface area contributed by atoms with Gasteiger partial charge in [0.05, 0.1) is 23.7 Å². The van der Waals surface area contributed by atoms with Crippen molar-refractivity contribution in [1.82, 2.24) is 4.98 Å². The fraction of sp³-hybridized carbons (Fsp3) is 0.300. The Morgan fingerprint density at radius 1 is 1.62 bits per heavy atom. The molecule has 4 nitrogen and oxygen atoms in total. The lowest BCUT2D eigenvalue weighted by Gasteiger charge is -1.99. The molecule has 0 atom stereocenters. The molecule has 1 fully saturated rings. The summed E-state index contributed by atoms with van der Waals surface area (Å²) < 4.78 is 5.39. The third-order valence-electron chi connectivity index (χ3n) is 2.09. The van der Waals surface area contributed by atoms with E-state index in [2.05, 4.69) is 25.9 Å². The number of nitrogens with zero attached hydrogens (tertiary/aromatic N) is 2. The summed E-state index contributed by atoms with van der Waals surface area (Å²) in [7, 11) is 0. The molecule has 16 heavy (non-hydrogen) atoms. The number of carbonyl (C=O) groups excluding carboxylic acids is 1. The Morgan fingerprint density at radius 3 is 3.06 bits per heavy atom. The van der Waals surface area contributed by atoms with E-state index >= 15 is 0 Å². The summed E-state index contributed by atoms with van der Waals surface area (Å²) in [6.45, 7) is 0.766. The Bertz CT molecular complexity index is 462. The van der Waals surface area contributed by atoms with Crippen LogP contribution in [0, 0.1) is 0 Å². The Labute approximate surface area is 106 Å². The monoisotopic (exact) mass is 302 g/mol. The van der Waals surface area contributed by atoms with E-state index in [1.165, 1.54) is 0 Å². The van der Waals surface area contributed by atoms with Gasteiger partial charge in [0.25, 0.3) is 0 Å². The standard InChI is InChI=1S/C10H8BrClN2O2/c11-10-8(12)1-6(4-14-10)3-13-7-2-9(15)16-5-7/h1,4H,2-3,5H2. The van der Waals surface area contributed by atoms with Gasteiger partial charge in [0.2, 0.25) is 0 Å². The highest BCUT2D eigenvalue weighted by Crippen LogP contribution is 2.20. The van der Waals surface area contributed by atoms with Crippen molar-refractivity contribution in [3.05, 3.63) is 27.5 Å². The van der Waals surface area contributed by atoms with Gasteiger partial charge in [0, 0.05) is 6.20 Å². The highest BCUT2D eigenvalue weighted by molar-refractivity contribution is 9.10. The van der Waals surface area contributed by atoms with Crippen molar-refractivity contribution in [1.29, 1.82) is 0 Å². The number of pyridine rings is 1. The van der Waals surface area contributed by atoms with Gasteiger partial charge in [-0.3, -0.25) is 9.79 Å². The Kier molecular flexibility index (Phi) is 3.56. The lowest BCUT2D eigenvalue weighted by Crippen LogP contribution is -1.97. The predicted octanol–water partition coefficient (Wildman–Crippen LogP) is 2.39. The van der Waals surface area contributed by atoms with Crippen molar-refractivity contribution in [3.63, 3.8) is 0 Å². The third-order valence-corrected chi connectivity index (χ3v) is 3.23. The zero-order chi connectivity index (χ0) is 11.5. The molecule has 0 N–H and O–H groups in total. The third kappa shape index (κ3) is 2.80. The van der Waals surface area contributed by atoms with Crippen LogP contribution < -0.4 is 0 Å². The quantitative estimate of drug-likeness (QED) is 0.622. The number of esters is 1. The minimum Gasteiger partial charge on any atom is -0.459 e. The molecule has 0 amide bonds. The number of ether oxygens (including phenoxy) is 1. The average molecular weight is 304 g/mol. The van der Waals surface area contributed by atoms with Crippen LogP contribution in [-0.4, -0.2) is 23.3 Å². The van der Waals surface area contributed by atoms with Gasteiger partial charge < -0.3 is 4.74 Å². The van der Waals surface area contributed by atoms with Gasteiger partial charge in [-0.1, -0.05) is 11.6 Å². The second-order valence-electron chi connectivity index (χ2n) is 3.34. The molecule has 0 saturated carbocycles. The second-order valence-corrected chi connectivity index (χ2v) is 4.49. The van der Waals surface area contributed by atoms with E-state index < -0.39 is 0 Å². The number of aliphatic imine (C=N–C) groups is 1. The van der Waals surface area contributed by atoms with Gasteiger partial charge in [0.15, 0.2) is 0 Å². The minimum absolute atomic E-state index is 0.217. The van der Waals surface area contributed by atoms with Crippen molar-refractivity contribution >= 4 is 39.2 Å².